The van der Waals surface area contributed by atoms with Gasteiger partial charge in [0.15, 0.2) is 0 Å². The van der Waals surface area contributed by atoms with E-state index in [1.54, 1.807) is 0 Å². The summed E-state index contributed by atoms with van der Waals surface area (Å²) in [4.78, 5) is 26.1. The van der Waals surface area contributed by atoms with E-state index in [2.05, 4.69) is 4.90 Å². The summed E-state index contributed by atoms with van der Waals surface area (Å²) in [5, 5.41) is 0. The lowest BCUT2D eigenvalue weighted by atomic mass is 9.88. The molecule has 0 aromatic heterocycles. The molecule has 2 saturated heterocycles. The van der Waals surface area contributed by atoms with Crippen molar-refractivity contribution in [1.82, 2.24) is 4.90 Å². The van der Waals surface area contributed by atoms with Crippen LogP contribution in [0.15, 0.2) is 23.3 Å². The number of rotatable bonds is 1. The van der Waals surface area contributed by atoms with E-state index < -0.39 is 5.60 Å². The summed E-state index contributed by atoms with van der Waals surface area (Å²) in [5.74, 6) is -0.385. The van der Waals surface area contributed by atoms with Gasteiger partial charge in [0.1, 0.15) is 11.7 Å². The lowest BCUT2D eigenvalue weighted by Gasteiger charge is -2.38. The highest BCUT2D eigenvalue weighted by atomic mass is 16.6. The van der Waals surface area contributed by atoms with Gasteiger partial charge in [-0.15, -0.1) is 0 Å². The molecule has 23 heavy (non-hydrogen) atoms. The summed E-state index contributed by atoms with van der Waals surface area (Å²) in [5.41, 5.74) is 0.942. The molecule has 5 heteroatoms. The largest absolute Gasteiger partial charge is 0.453 e. The number of ether oxygens (including phenoxy) is 2. The summed E-state index contributed by atoms with van der Waals surface area (Å²) in [7, 11) is 0. The predicted octanol–water partition coefficient (Wildman–Crippen LogP) is 2.12. The molecule has 4 heterocycles. The van der Waals surface area contributed by atoms with E-state index in [4.69, 9.17) is 9.47 Å². The average Bonchev–Trinajstić information content (AvgIpc) is 3.11. The van der Waals surface area contributed by atoms with Crippen LogP contribution in [-0.2, 0) is 19.1 Å². The monoisotopic (exact) mass is 317 g/mol. The molecule has 2 fully saturated rings. The standard InChI is InChI=1S/C18H23NO4/c1-11-9-14(22-16(11)20)13-5-6-15-18(7-3-4-8-19(13)15)10-12(2)17(21)23-18/h9-10,13-15H,3-8H2,1-2H3/t13-,14+,15-,18-/m0/s1. The highest BCUT2D eigenvalue weighted by Crippen LogP contribution is 2.45. The van der Waals surface area contributed by atoms with Gasteiger partial charge in [0.25, 0.3) is 0 Å². The van der Waals surface area contributed by atoms with Crippen molar-refractivity contribution in [2.45, 2.75) is 69.7 Å². The van der Waals surface area contributed by atoms with Crippen molar-refractivity contribution in [3.05, 3.63) is 23.3 Å². The third-order valence-corrected chi connectivity index (χ3v) is 5.78. The van der Waals surface area contributed by atoms with Crippen LogP contribution in [0.25, 0.3) is 0 Å². The van der Waals surface area contributed by atoms with Crippen molar-refractivity contribution in [3.63, 3.8) is 0 Å². The molecule has 0 N–H and O–H groups in total. The molecule has 0 aromatic carbocycles. The molecule has 124 valence electrons. The van der Waals surface area contributed by atoms with Crippen LogP contribution in [0.3, 0.4) is 0 Å². The quantitative estimate of drug-likeness (QED) is 0.693. The lowest BCUT2D eigenvalue weighted by molar-refractivity contribution is -0.152. The number of esters is 2. The zero-order valence-electron chi connectivity index (χ0n) is 13.7. The van der Waals surface area contributed by atoms with Gasteiger partial charge in [-0.2, -0.15) is 0 Å². The third-order valence-electron chi connectivity index (χ3n) is 5.78. The fourth-order valence-electron chi connectivity index (χ4n) is 4.70. The Balaban J connectivity index is 1.63. The predicted molar refractivity (Wildman–Crippen MR) is 83.6 cm³/mol. The molecule has 0 saturated carbocycles. The molecule has 0 unspecified atom stereocenters. The highest BCUT2D eigenvalue weighted by Gasteiger charge is 2.54. The molecule has 5 nitrogen and oxygen atoms in total. The summed E-state index contributed by atoms with van der Waals surface area (Å²) in [6.07, 6.45) is 8.81. The second-order valence-corrected chi connectivity index (χ2v) is 7.25. The molecule has 4 rings (SSSR count). The van der Waals surface area contributed by atoms with Crippen LogP contribution in [0.5, 0.6) is 0 Å². The number of cyclic esters (lactones) is 1. The van der Waals surface area contributed by atoms with Gasteiger partial charge in [0.05, 0.1) is 12.1 Å². The minimum absolute atomic E-state index is 0.162. The average molecular weight is 317 g/mol. The smallest absolute Gasteiger partial charge is 0.334 e. The van der Waals surface area contributed by atoms with Crippen molar-refractivity contribution in [2.75, 3.05) is 6.54 Å². The zero-order chi connectivity index (χ0) is 16.2. The molecule has 4 aliphatic rings. The van der Waals surface area contributed by atoms with E-state index in [0.717, 1.165) is 44.2 Å². The van der Waals surface area contributed by atoms with Crippen molar-refractivity contribution in [3.8, 4) is 0 Å². The van der Waals surface area contributed by atoms with Gasteiger partial charge in [0.2, 0.25) is 0 Å². The number of nitrogens with zero attached hydrogens (tertiary/aromatic N) is 1. The minimum atomic E-state index is -0.478. The molecule has 0 radical (unpaired) electrons. The first-order chi connectivity index (χ1) is 11.0. The Morgan fingerprint density at radius 1 is 1.13 bits per heavy atom. The van der Waals surface area contributed by atoms with Crippen LogP contribution in [0.2, 0.25) is 0 Å². The van der Waals surface area contributed by atoms with Crippen LogP contribution in [0, 0.1) is 0 Å². The van der Waals surface area contributed by atoms with Crippen LogP contribution in [0.1, 0.15) is 46.0 Å². The van der Waals surface area contributed by atoms with Crippen LogP contribution in [-0.4, -0.2) is 47.2 Å². The number of carbonyl (C=O) groups is 2. The topological polar surface area (TPSA) is 55.8 Å². The lowest BCUT2D eigenvalue weighted by Crippen LogP contribution is -2.52. The van der Waals surface area contributed by atoms with Gasteiger partial charge in [-0.1, -0.05) is 0 Å². The molecule has 1 spiro atoms. The summed E-state index contributed by atoms with van der Waals surface area (Å²) in [6.45, 7) is 4.62. The maximum absolute atomic E-state index is 12.0. The fraction of sp³-hybridized carbons (Fsp3) is 0.667. The van der Waals surface area contributed by atoms with Gasteiger partial charge in [-0.05, 0) is 64.6 Å². The van der Waals surface area contributed by atoms with E-state index in [9.17, 15) is 9.59 Å². The molecule has 0 aliphatic carbocycles. The Morgan fingerprint density at radius 3 is 2.61 bits per heavy atom. The van der Waals surface area contributed by atoms with E-state index in [1.165, 1.54) is 0 Å². The zero-order valence-corrected chi connectivity index (χ0v) is 13.7. The highest BCUT2D eigenvalue weighted by molar-refractivity contribution is 5.91. The van der Waals surface area contributed by atoms with Gasteiger partial charge in [-0.3, -0.25) is 4.90 Å². The number of carbonyl (C=O) groups excluding carboxylic acids is 2. The summed E-state index contributed by atoms with van der Waals surface area (Å²) >= 11 is 0. The van der Waals surface area contributed by atoms with Gasteiger partial charge < -0.3 is 9.47 Å². The van der Waals surface area contributed by atoms with Crippen LogP contribution in [0.4, 0.5) is 0 Å². The van der Waals surface area contributed by atoms with Crippen molar-refractivity contribution in [1.29, 1.82) is 0 Å². The maximum Gasteiger partial charge on any atom is 0.334 e. The molecule has 0 aromatic rings. The second kappa shape index (κ2) is 5.20. The van der Waals surface area contributed by atoms with E-state index in [1.807, 2.05) is 26.0 Å². The Bertz CT molecular complexity index is 623. The van der Waals surface area contributed by atoms with Crippen LogP contribution < -0.4 is 0 Å². The van der Waals surface area contributed by atoms with Crippen molar-refractivity contribution < 1.29 is 19.1 Å². The van der Waals surface area contributed by atoms with Gasteiger partial charge >= 0.3 is 11.9 Å². The Morgan fingerprint density at radius 2 is 1.96 bits per heavy atom. The second-order valence-electron chi connectivity index (χ2n) is 7.25. The summed E-state index contributed by atoms with van der Waals surface area (Å²) in [6, 6.07) is 0.397. The maximum atomic E-state index is 12.0. The Kier molecular flexibility index (Phi) is 3.38. The summed E-state index contributed by atoms with van der Waals surface area (Å²) < 4.78 is 11.4. The van der Waals surface area contributed by atoms with Crippen LogP contribution >= 0.6 is 0 Å². The number of fused-ring (bicyclic) bond motifs is 2. The minimum Gasteiger partial charge on any atom is -0.453 e. The third kappa shape index (κ3) is 2.24. The first kappa shape index (κ1) is 14.9. The van der Waals surface area contributed by atoms with E-state index in [-0.39, 0.29) is 30.1 Å². The first-order valence-electron chi connectivity index (χ1n) is 8.58. The van der Waals surface area contributed by atoms with Crippen molar-refractivity contribution >= 4 is 11.9 Å². The van der Waals surface area contributed by atoms with E-state index in [0.29, 0.717) is 5.57 Å². The molecular formula is C18H23NO4. The number of hydrogen-bond acceptors (Lipinski definition) is 5. The normalized spacial score (nSPS) is 40.5. The SMILES string of the molecule is CC1=C[C@H]([C@@H]2CC[C@@H]3N2CCCC[C@]32C=C(C)C(=O)O2)OC1=O. The Labute approximate surface area is 136 Å². The number of hydrogen-bond donors (Lipinski definition) is 0. The first-order valence-corrected chi connectivity index (χ1v) is 8.58. The molecule has 4 atom stereocenters. The van der Waals surface area contributed by atoms with Crippen molar-refractivity contribution in [2.24, 2.45) is 0 Å². The van der Waals surface area contributed by atoms with E-state index >= 15 is 0 Å². The molecular weight excluding hydrogens is 294 g/mol. The molecule has 4 aliphatic heterocycles. The Hall–Kier alpha value is -1.62. The van der Waals surface area contributed by atoms with Gasteiger partial charge in [-0.25, -0.2) is 9.59 Å². The molecule has 0 amide bonds. The van der Waals surface area contributed by atoms with Gasteiger partial charge in [0, 0.05) is 11.1 Å². The fourth-order valence-corrected chi connectivity index (χ4v) is 4.70. The molecule has 0 bridgehead atoms.